The first-order valence-corrected chi connectivity index (χ1v) is 10.1. The van der Waals surface area contributed by atoms with Crippen LogP contribution in [0.25, 0.3) is 10.2 Å². The monoisotopic (exact) mass is 376 g/mol. The summed E-state index contributed by atoms with van der Waals surface area (Å²) >= 11 is 1.68. The molecule has 0 unspecified atom stereocenters. The summed E-state index contributed by atoms with van der Waals surface area (Å²) in [6.45, 7) is 4.64. The van der Waals surface area contributed by atoms with E-state index in [9.17, 15) is 9.59 Å². The van der Waals surface area contributed by atoms with Crippen molar-refractivity contribution in [1.82, 2.24) is 14.5 Å². The summed E-state index contributed by atoms with van der Waals surface area (Å²) in [6, 6.07) is 0. The van der Waals surface area contributed by atoms with Crippen LogP contribution in [-0.4, -0.2) is 53.3 Å². The fourth-order valence-corrected chi connectivity index (χ4v) is 5.11. The van der Waals surface area contributed by atoms with E-state index in [0.717, 1.165) is 29.5 Å². The van der Waals surface area contributed by atoms with Crippen LogP contribution in [0, 0.1) is 0 Å². The van der Waals surface area contributed by atoms with Crippen molar-refractivity contribution in [2.45, 2.75) is 32.6 Å². The number of anilines is 1. The van der Waals surface area contributed by atoms with Gasteiger partial charge in [-0.15, -0.1) is 11.3 Å². The van der Waals surface area contributed by atoms with E-state index in [-0.39, 0.29) is 11.7 Å². The number of carbonyl (C=O) groups is 1. The van der Waals surface area contributed by atoms with Crippen LogP contribution in [-0.2, 0) is 24.6 Å². The highest BCUT2D eigenvalue weighted by molar-refractivity contribution is 7.18. The van der Waals surface area contributed by atoms with Crippen LogP contribution >= 0.6 is 11.3 Å². The number of carbonyl (C=O) groups excluding carboxylic acids is 1. The highest BCUT2D eigenvalue weighted by Crippen LogP contribution is 2.34. The van der Waals surface area contributed by atoms with Crippen LogP contribution in [0.5, 0.6) is 0 Å². The molecular weight excluding hydrogens is 352 g/mol. The van der Waals surface area contributed by atoms with Crippen molar-refractivity contribution in [1.29, 1.82) is 0 Å². The molecule has 0 spiro atoms. The Kier molecular flexibility index (Phi) is 4.60. The van der Waals surface area contributed by atoms with Gasteiger partial charge in [0.05, 0.1) is 12.0 Å². The fraction of sp³-hybridized carbons (Fsp3) is 0.611. The Labute approximate surface area is 156 Å². The third-order valence-electron chi connectivity index (χ3n) is 5.26. The van der Waals surface area contributed by atoms with Gasteiger partial charge in [-0.05, 0) is 38.2 Å². The lowest BCUT2D eigenvalue weighted by Crippen LogP contribution is -2.50. The molecule has 0 aromatic carbocycles. The number of hydrogen-bond acceptors (Lipinski definition) is 6. The van der Waals surface area contributed by atoms with Gasteiger partial charge in [0.15, 0.2) is 0 Å². The standard InChI is InChI=1S/C18H24N4O3S/c1-3-25-18(24)22-10-8-21(9-11-22)17-19-15-14(16(23)20(17)2)12-6-4-5-7-13(12)26-15/h3-11H2,1-2H3. The number of hydrogen-bond donors (Lipinski definition) is 0. The van der Waals surface area contributed by atoms with Crippen LogP contribution < -0.4 is 10.5 Å². The zero-order chi connectivity index (χ0) is 18.3. The highest BCUT2D eigenvalue weighted by Gasteiger charge is 2.26. The fourth-order valence-electron chi connectivity index (χ4n) is 3.86. The molecule has 0 bridgehead atoms. The number of rotatable bonds is 2. The molecule has 1 fully saturated rings. The van der Waals surface area contributed by atoms with E-state index in [4.69, 9.17) is 9.72 Å². The Morgan fingerprint density at radius 2 is 1.92 bits per heavy atom. The number of amides is 1. The van der Waals surface area contributed by atoms with Crippen LogP contribution in [0.2, 0.25) is 0 Å². The number of thiophene rings is 1. The van der Waals surface area contributed by atoms with Gasteiger partial charge >= 0.3 is 6.09 Å². The molecule has 0 radical (unpaired) electrons. The Morgan fingerprint density at radius 3 is 2.65 bits per heavy atom. The first kappa shape index (κ1) is 17.3. The molecule has 2 aromatic heterocycles. The average Bonchev–Trinajstić information content (AvgIpc) is 3.03. The van der Waals surface area contributed by atoms with Gasteiger partial charge in [0, 0.05) is 38.1 Å². The molecule has 0 N–H and O–H groups in total. The minimum absolute atomic E-state index is 0.0530. The third-order valence-corrected chi connectivity index (χ3v) is 6.45. The molecular formula is C18H24N4O3S. The summed E-state index contributed by atoms with van der Waals surface area (Å²) in [4.78, 5) is 35.7. The van der Waals surface area contributed by atoms with Crippen molar-refractivity contribution in [3.63, 3.8) is 0 Å². The van der Waals surface area contributed by atoms with Gasteiger partial charge in [-0.3, -0.25) is 9.36 Å². The van der Waals surface area contributed by atoms with Crippen molar-refractivity contribution in [3.05, 3.63) is 20.8 Å². The van der Waals surface area contributed by atoms with E-state index in [0.29, 0.717) is 38.7 Å². The largest absolute Gasteiger partial charge is 0.450 e. The number of ether oxygens (including phenoxy) is 1. The maximum absolute atomic E-state index is 13.0. The number of aryl methyl sites for hydroxylation is 2. The minimum Gasteiger partial charge on any atom is -0.450 e. The second-order valence-corrected chi connectivity index (χ2v) is 7.92. The molecule has 2 aromatic rings. The van der Waals surface area contributed by atoms with Crippen molar-refractivity contribution in [2.75, 3.05) is 37.7 Å². The Balaban J connectivity index is 1.63. The molecule has 1 aliphatic carbocycles. The van der Waals surface area contributed by atoms with Gasteiger partial charge in [-0.1, -0.05) is 0 Å². The summed E-state index contributed by atoms with van der Waals surface area (Å²) in [6.07, 6.45) is 4.13. The normalized spacial score (nSPS) is 17.5. The summed E-state index contributed by atoms with van der Waals surface area (Å²) in [5.74, 6) is 0.699. The van der Waals surface area contributed by atoms with Crippen LogP contribution in [0.4, 0.5) is 10.7 Å². The van der Waals surface area contributed by atoms with Gasteiger partial charge in [0.2, 0.25) is 5.95 Å². The quantitative estimate of drug-likeness (QED) is 0.803. The lowest BCUT2D eigenvalue weighted by Gasteiger charge is -2.35. The maximum atomic E-state index is 13.0. The van der Waals surface area contributed by atoms with Gasteiger partial charge in [0.25, 0.3) is 5.56 Å². The predicted octanol–water partition coefficient (Wildman–Crippen LogP) is 2.15. The van der Waals surface area contributed by atoms with Crippen LogP contribution in [0.15, 0.2) is 4.79 Å². The van der Waals surface area contributed by atoms with Gasteiger partial charge < -0.3 is 14.5 Å². The van der Waals surface area contributed by atoms with E-state index in [1.807, 2.05) is 6.92 Å². The van der Waals surface area contributed by atoms with Gasteiger partial charge in [-0.25, -0.2) is 9.78 Å². The predicted molar refractivity (Wildman–Crippen MR) is 102 cm³/mol. The van der Waals surface area contributed by atoms with Crippen molar-refractivity contribution >= 4 is 33.6 Å². The van der Waals surface area contributed by atoms with E-state index in [1.165, 1.54) is 16.9 Å². The van der Waals surface area contributed by atoms with Gasteiger partial charge in [-0.2, -0.15) is 0 Å². The molecule has 26 heavy (non-hydrogen) atoms. The summed E-state index contributed by atoms with van der Waals surface area (Å²) < 4.78 is 6.74. The van der Waals surface area contributed by atoms with E-state index in [2.05, 4.69) is 4.90 Å². The average molecular weight is 376 g/mol. The minimum atomic E-state index is -0.268. The molecule has 2 aliphatic rings. The second-order valence-electron chi connectivity index (χ2n) is 6.84. The SMILES string of the molecule is CCOC(=O)N1CCN(c2nc3sc4c(c3c(=O)n2C)CCCC4)CC1. The second kappa shape index (κ2) is 6.90. The summed E-state index contributed by atoms with van der Waals surface area (Å²) in [7, 11) is 1.80. The maximum Gasteiger partial charge on any atom is 0.409 e. The highest BCUT2D eigenvalue weighted by atomic mass is 32.1. The first-order valence-electron chi connectivity index (χ1n) is 9.28. The summed E-state index contributed by atoms with van der Waals surface area (Å²) in [5.41, 5.74) is 1.28. The Bertz CT molecular complexity index is 896. The molecule has 3 heterocycles. The number of piperazine rings is 1. The number of aromatic nitrogens is 2. The molecule has 7 nitrogen and oxygen atoms in total. The topological polar surface area (TPSA) is 67.7 Å². The summed E-state index contributed by atoms with van der Waals surface area (Å²) in [5, 5.41) is 0.820. The smallest absolute Gasteiger partial charge is 0.409 e. The molecule has 140 valence electrons. The lowest BCUT2D eigenvalue weighted by atomic mass is 9.97. The zero-order valence-corrected chi connectivity index (χ0v) is 16.1. The van der Waals surface area contributed by atoms with Crippen molar-refractivity contribution in [2.24, 2.45) is 7.05 Å². The molecule has 1 aliphatic heterocycles. The molecule has 0 atom stereocenters. The number of fused-ring (bicyclic) bond motifs is 3. The van der Waals surface area contributed by atoms with E-state index in [1.54, 1.807) is 27.9 Å². The van der Waals surface area contributed by atoms with Crippen LogP contribution in [0.3, 0.4) is 0 Å². The molecule has 1 saturated heterocycles. The first-order chi connectivity index (χ1) is 12.6. The van der Waals surface area contributed by atoms with E-state index >= 15 is 0 Å². The van der Waals surface area contributed by atoms with Gasteiger partial charge in [0.1, 0.15) is 4.83 Å². The molecule has 0 saturated carbocycles. The lowest BCUT2D eigenvalue weighted by molar-refractivity contribution is 0.105. The Hall–Kier alpha value is -2.09. The Morgan fingerprint density at radius 1 is 1.19 bits per heavy atom. The molecule has 8 heteroatoms. The van der Waals surface area contributed by atoms with Crippen molar-refractivity contribution < 1.29 is 9.53 Å². The van der Waals surface area contributed by atoms with Crippen molar-refractivity contribution in [3.8, 4) is 0 Å². The van der Waals surface area contributed by atoms with Crippen LogP contribution in [0.1, 0.15) is 30.2 Å². The molecule has 1 amide bonds. The molecule has 4 rings (SSSR count). The number of nitrogens with zero attached hydrogens (tertiary/aromatic N) is 4. The van der Waals surface area contributed by atoms with E-state index < -0.39 is 0 Å². The third kappa shape index (κ3) is 2.86. The zero-order valence-electron chi connectivity index (χ0n) is 15.3.